The van der Waals surface area contributed by atoms with E-state index in [0.29, 0.717) is 6.54 Å². The third kappa shape index (κ3) is 3.12. The summed E-state index contributed by atoms with van der Waals surface area (Å²) in [5.74, 6) is -0.0826. The summed E-state index contributed by atoms with van der Waals surface area (Å²) >= 11 is 1.67. The lowest BCUT2D eigenvalue weighted by Crippen LogP contribution is -2.35. The van der Waals surface area contributed by atoms with Crippen LogP contribution in [0.5, 0.6) is 0 Å². The van der Waals surface area contributed by atoms with Crippen molar-refractivity contribution in [1.29, 1.82) is 0 Å². The minimum Gasteiger partial charge on any atom is -0.325 e. The molecule has 2 aromatic rings. The van der Waals surface area contributed by atoms with Gasteiger partial charge < -0.3 is 10.6 Å². The van der Waals surface area contributed by atoms with Crippen LogP contribution in [0.1, 0.15) is 17.0 Å². The van der Waals surface area contributed by atoms with E-state index in [1.807, 2.05) is 42.7 Å². The summed E-state index contributed by atoms with van der Waals surface area (Å²) in [5.41, 5.74) is 3.20. The summed E-state index contributed by atoms with van der Waals surface area (Å²) in [6.45, 7) is 1.52. The van der Waals surface area contributed by atoms with Gasteiger partial charge in [-0.15, -0.1) is 11.8 Å². The van der Waals surface area contributed by atoms with Gasteiger partial charge in [0, 0.05) is 23.7 Å². The molecule has 108 valence electrons. The maximum absolute atomic E-state index is 12.6. The van der Waals surface area contributed by atoms with Crippen LogP contribution in [0, 0.1) is 0 Å². The Kier molecular flexibility index (Phi) is 4.27. The van der Waals surface area contributed by atoms with Gasteiger partial charge in [0.25, 0.3) is 0 Å². The Morgan fingerprint density at radius 2 is 2.10 bits per heavy atom. The number of benzene rings is 2. The third-order valence-electron chi connectivity index (χ3n) is 3.75. The van der Waals surface area contributed by atoms with E-state index in [4.69, 9.17) is 0 Å². The molecule has 1 aliphatic heterocycles. The van der Waals surface area contributed by atoms with Crippen LogP contribution in [0.4, 0.5) is 5.69 Å². The van der Waals surface area contributed by atoms with Gasteiger partial charge in [0.1, 0.15) is 0 Å². The van der Waals surface area contributed by atoms with Gasteiger partial charge in [0.05, 0.1) is 5.92 Å². The van der Waals surface area contributed by atoms with Crippen LogP contribution >= 0.6 is 11.8 Å². The maximum Gasteiger partial charge on any atom is 0.233 e. The second-order valence-electron chi connectivity index (χ2n) is 5.10. The number of nitrogens with one attached hydrogen (secondary N) is 2. The highest BCUT2D eigenvalue weighted by Crippen LogP contribution is 2.26. The first kappa shape index (κ1) is 14.2. The van der Waals surface area contributed by atoms with Crippen molar-refractivity contribution in [2.45, 2.75) is 17.4 Å². The van der Waals surface area contributed by atoms with Crippen molar-refractivity contribution in [2.24, 2.45) is 0 Å². The highest BCUT2D eigenvalue weighted by molar-refractivity contribution is 7.98. The van der Waals surface area contributed by atoms with E-state index < -0.39 is 0 Å². The molecule has 0 fully saturated rings. The number of anilines is 1. The molecule has 0 saturated heterocycles. The summed E-state index contributed by atoms with van der Waals surface area (Å²) in [4.78, 5) is 13.7. The molecule has 2 N–H and O–H groups in total. The molecule has 1 aliphatic rings. The van der Waals surface area contributed by atoms with E-state index in [-0.39, 0.29) is 11.8 Å². The lowest BCUT2D eigenvalue weighted by Gasteiger charge is -2.25. The number of carbonyl (C=O) groups is 1. The van der Waals surface area contributed by atoms with Crippen molar-refractivity contribution in [3.8, 4) is 0 Å². The van der Waals surface area contributed by atoms with E-state index >= 15 is 0 Å². The van der Waals surface area contributed by atoms with E-state index in [1.165, 1.54) is 5.56 Å². The molecule has 1 amide bonds. The molecule has 4 heteroatoms. The Bertz CT molecular complexity index is 657. The molecule has 1 heterocycles. The number of hydrogen-bond acceptors (Lipinski definition) is 3. The molecule has 3 nitrogen and oxygen atoms in total. The van der Waals surface area contributed by atoms with Crippen molar-refractivity contribution in [2.75, 3.05) is 18.1 Å². The smallest absolute Gasteiger partial charge is 0.233 e. The van der Waals surface area contributed by atoms with Crippen molar-refractivity contribution >= 4 is 23.4 Å². The first-order valence-corrected chi connectivity index (χ1v) is 8.24. The summed E-state index contributed by atoms with van der Waals surface area (Å²) in [6, 6.07) is 16.1. The Labute approximate surface area is 129 Å². The number of hydrogen-bond donors (Lipinski definition) is 2. The van der Waals surface area contributed by atoms with Gasteiger partial charge in [0.15, 0.2) is 0 Å². The van der Waals surface area contributed by atoms with Gasteiger partial charge in [-0.25, -0.2) is 0 Å². The Hall–Kier alpha value is -1.78. The predicted octanol–water partition coefficient (Wildman–Crippen LogP) is 3.23. The van der Waals surface area contributed by atoms with Crippen LogP contribution in [0.2, 0.25) is 0 Å². The highest BCUT2D eigenvalue weighted by Gasteiger charge is 2.25. The molecule has 1 atom stereocenters. The molecule has 0 aromatic heterocycles. The maximum atomic E-state index is 12.6. The SMILES string of the molecule is CSc1cccc(NC(=O)C2CNCc3ccccc32)c1. The number of fused-ring (bicyclic) bond motifs is 1. The third-order valence-corrected chi connectivity index (χ3v) is 4.47. The van der Waals surface area contributed by atoms with E-state index in [0.717, 1.165) is 22.7 Å². The lowest BCUT2D eigenvalue weighted by molar-refractivity contribution is -0.117. The highest BCUT2D eigenvalue weighted by atomic mass is 32.2. The van der Waals surface area contributed by atoms with Crippen LogP contribution in [0.3, 0.4) is 0 Å². The molecule has 0 spiro atoms. The van der Waals surface area contributed by atoms with Crippen LogP contribution in [0.15, 0.2) is 53.4 Å². The van der Waals surface area contributed by atoms with Crippen LogP contribution in [-0.4, -0.2) is 18.7 Å². The summed E-state index contributed by atoms with van der Waals surface area (Å²) in [6.07, 6.45) is 2.03. The van der Waals surface area contributed by atoms with Gasteiger partial charge in [0.2, 0.25) is 5.91 Å². The molecular formula is C17H18N2OS. The minimum absolute atomic E-state index is 0.0490. The first-order valence-electron chi connectivity index (χ1n) is 7.01. The average Bonchev–Trinajstić information content (AvgIpc) is 2.54. The normalized spacial score (nSPS) is 17.1. The van der Waals surface area contributed by atoms with Crippen LogP contribution in [0.25, 0.3) is 0 Å². The molecule has 0 aliphatic carbocycles. The second-order valence-corrected chi connectivity index (χ2v) is 5.98. The topological polar surface area (TPSA) is 41.1 Å². The molecular weight excluding hydrogens is 280 g/mol. The van der Waals surface area contributed by atoms with Crippen LogP contribution in [-0.2, 0) is 11.3 Å². The molecule has 1 unspecified atom stereocenters. The predicted molar refractivity (Wildman–Crippen MR) is 87.7 cm³/mol. The van der Waals surface area contributed by atoms with E-state index in [2.05, 4.69) is 22.8 Å². The average molecular weight is 298 g/mol. The van der Waals surface area contributed by atoms with Gasteiger partial charge in [-0.05, 0) is 35.6 Å². The first-order chi connectivity index (χ1) is 10.3. The van der Waals surface area contributed by atoms with Crippen molar-refractivity contribution in [3.05, 3.63) is 59.7 Å². The summed E-state index contributed by atoms with van der Waals surface area (Å²) in [5, 5.41) is 6.35. The minimum atomic E-state index is -0.132. The molecule has 2 aromatic carbocycles. The molecule has 0 radical (unpaired) electrons. The Morgan fingerprint density at radius 1 is 1.24 bits per heavy atom. The molecule has 0 bridgehead atoms. The Morgan fingerprint density at radius 3 is 2.95 bits per heavy atom. The fourth-order valence-corrected chi connectivity index (χ4v) is 3.12. The lowest BCUT2D eigenvalue weighted by atomic mass is 9.90. The van der Waals surface area contributed by atoms with Crippen molar-refractivity contribution in [3.63, 3.8) is 0 Å². The van der Waals surface area contributed by atoms with Crippen molar-refractivity contribution < 1.29 is 4.79 Å². The zero-order chi connectivity index (χ0) is 14.7. The second kappa shape index (κ2) is 6.33. The van der Waals surface area contributed by atoms with Gasteiger partial charge >= 0.3 is 0 Å². The van der Waals surface area contributed by atoms with Crippen molar-refractivity contribution in [1.82, 2.24) is 5.32 Å². The summed E-state index contributed by atoms with van der Waals surface area (Å²) < 4.78 is 0. The summed E-state index contributed by atoms with van der Waals surface area (Å²) in [7, 11) is 0. The zero-order valence-electron chi connectivity index (χ0n) is 11.9. The number of amides is 1. The van der Waals surface area contributed by atoms with E-state index in [1.54, 1.807) is 11.8 Å². The molecule has 0 saturated carbocycles. The molecule has 3 rings (SSSR count). The fraction of sp³-hybridized carbons (Fsp3) is 0.235. The molecule has 21 heavy (non-hydrogen) atoms. The van der Waals surface area contributed by atoms with Gasteiger partial charge in [-0.2, -0.15) is 0 Å². The monoisotopic (exact) mass is 298 g/mol. The van der Waals surface area contributed by atoms with Gasteiger partial charge in [-0.1, -0.05) is 30.3 Å². The van der Waals surface area contributed by atoms with Crippen LogP contribution < -0.4 is 10.6 Å². The standard InChI is InChI=1S/C17H18N2OS/c1-21-14-7-4-6-13(9-14)19-17(20)16-11-18-10-12-5-2-3-8-15(12)16/h2-9,16,18H,10-11H2,1H3,(H,19,20). The zero-order valence-corrected chi connectivity index (χ0v) is 12.7. The number of carbonyl (C=O) groups excluding carboxylic acids is 1. The Balaban J connectivity index is 1.80. The number of rotatable bonds is 3. The van der Waals surface area contributed by atoms with Gasteiger partial charge in [-0.3, -0.25) is 4.79 Å². The number of thioether (sulfide) groups is 1. The fourth-order valence-electron chi connectivity index (χ4n) is 2.66. The van der Waals surface area contributed by atoms with E-state index in [9.17, 15) is 4.79 Å². The largest absolute Gasteiger partial charge is 0.325 e. The quantitative estimate of drug-likeness (QED) is 0.855.